The zero-order chi connectivity index (χ0) is 20.2. The van der Waals surface area contributed by atoms with Gasteiger partial charge in [0, 0.05) is 30.4 Å². The van der Waals surface area contributed by atoms with E-state index in [2.05, 4.69) is 63.5 Å². The molecule has 1 aliphatic heterocycles. The van der Waals surface area contributed by atoms with E-state index in [4.69, 9.17) is 4.74 Å². The van der Waals surface area contributed by atoms with Gasteiger partial charge >= 0.3 is 0 Å². The summed E-state index contributed by atoms with van der Waals surface area (Å²) < 4.78 is 7.81. The molecule has 6 heteroatoms. The van der Waals surface area contributed by atoms with Crippen LogP contribution in [0.4, 0.5) is 0 Å². The number of nitrogens with zero attached hydrogens (tertiary/aromatic N) is 2. The van der Waals surface area contributed by atoms with Gasteiger partial charge in [-0.1, -0.05) is 35.9 Å². The summed E-state index contributed by atoms with van der Waals surface area (Å²) in [5, 5.41) is 5.32. The summed E-state index contributed by atoms with van der Waals surface area (Å²) in [5.41, 5.74) is 3.49. The molecule has 1 aliphatic rings. The lowest BCUT2D eigenvalue weighted by molar-refractivity contribution is -0.125. The van der Waals surface area contributed by atoms with Crippen molar-refractivity contribution in [3.8, 4) is 0 Å². The van der Waals surface area contributed by atoms with E-state index in [1.54, 1.807) is 11.3 Å². The molecule has 29 heavy (non-hydrogen) atoms. The van der Waals surface area contributed by atoms with Gasteiger partial charge in [-0.25, -0.2) is 0 Å². The Bertz CT molecular complexity index is 933. The molecule has 3 heterocycles. The van der Waals surface area contributed by atoms with Crippen LogP contribution in [0.15, 0.2) is 60.1 Å². The highest BCUT2D eigenvalue weighted by atomic mass is 32.1. The number of morpholine rings is 1. The molecule has 5 nitrogen and oxygen atoms in total. The first kappa shape index (κ1) is 19.9. The van der Waals surface area contributed by atoms with Crippen molar-refractivity contribution in [3.05, 3.63) is 81.8 Å². The van der Waals surface area contributed by atoms with Crippen LogP contribution in [0, 0.1) is 6.92 Å². The van der Waals surface area contributed by atoms with Gasteiger partial charge in [-0.05, 0) is 36.1 Å². The van der Waals surface area contributed by atoms with Gasteiger partial charge in [0.25, 0.3) is 0 Å². The number of ether oxygens (including phenoxy) is 1. The van der Waals surface area contributed by atoms with Crippen LogP contribution < -0.4 is 5.32 Å². The monoisotopic (exact) mass is 409 g/mol. The summed E-state index contributed by atoms with van der Waals surface area (Å²) in [4.78, 5) is 16.4. The number of hydrogen-bond acceptors (Lipinski definition) is 4. The zero-order valence-electron chi connectivity index (χ0n) is 16.9. The highest BCUT2D eigenvalue weighted by Crippen LogP contribution is 2.27. The molecule has 4 rings (SSSR count). The fraction of sp³-hybridized carbons (Fsp3) is 0.348. The third-order valence-electron chi connectivity index (χ3n) is 5.46. The molecule has 0 spiro atoms. The van der Waals surface area contributed by atoms with E-state index in [0.29, 0.717) is 19.8 Å². The second-order valence-corrected chi connectivity index (χ2v) is 8.51. The number of rotatable bonds is 6. The predicted molar refractivity (Wildman–Crippen MR) is 116 cm³/mol. The summed E-state index contributed by atoms with van der Waals surface area (Å²) in [7, 11) is 2.03. The molecule has 0 radical (unpaired) electrons. The Morgan fingerprint density at radius 3 is 2.76 bits per heavy atom. The highest BCUT2D eigenvalue weighted by molar-refractivity contribution is 7.10. The SMILES string of the molecule is Cc1ccc([C@@H](NC(=O)CN2CCOC[C@H]2c2cccn2C)c2cccs2)cc1. The van der Waals surface area contributed by atoms with Crippen LogP contribution in [0.3, 0.4) is 0 Å². The summed E-state index contributed by atoms with van der Waals surface area (Å²) in [6.07, 6.45) is 2.03. The van der Waals surface area contributed by atoms with E-state index >= 15 is 0 Å². The standard InChI is InChI=1S/C23H27N3O2S/c1-17-7-9-18(10-8-17)23(21-6-4-14-29-21)24-22(27)15-26-12-13-28-16-20(26)19-5-3-11-25(19)2/h3-11,14,20,23H,12-13,15-16H2,1-2H3,(H,24,27)/t20-,23+/m0/s1. The van der Waals surface area contributed by atoms with Crippen molar-refractivity contribution in [2.45, 2.75) is 19.0 Å². The minimum absolute atomic E-state index is 0.0325. The molecule has 152 valence electrons. The molecular formula is C23H27N3O2S. The van der Waals surface area contributed by atoms with E-state index in [-0.39, 0.29) is 18.0 Å². The van der Waals surface area contributed by atoms with E-state index < -0.39 is 0 Å². The van der Waals surface area contributed by atoms with Gasteiger partial charge in [0.1, 0.15) is 0 Å². The average Bonchev–Trinajstić information content (AvgIpc) is 3.39. The van der Waals surface area contributed by atoms with Crippen LogP contribution in [0.5, 0.6) is 0 Å². The number of aryl methyl sites for hydroxylation is 2. The van der Waals surface area contributed by atoms with Gasteiger partial charge in [-0.2, -0.15) is 0 Å². The van der Waals surface area contributed by atoms with Crippen molar-refractivity contribution in [1.29, 1.82) is 0 Å². The molecule has 0 unspecified atom stereocenters. The Morgan fingerprint density at radius 1 is 1.24 bits per heavy atom. The van der Waals surface area contributed by atoms with Crippen LogP contribution in [0.25, 0.3) is 0 Å². The average molecular weight is 410 g/mol. The number of thiophene rings is 1. The summed E-state index contributed by atoms with van der Waals surface area (Å²) >= 11 is 1.67. The van der Waals surface area contributed by atoms with Crippen molar-refractivity contribution in [3.63, 3.8) is 0 Å². The molecular weight excluding hydrogens is 382 g/mol. The lowest BCUT2D eigenvalue weighted by atomic mass is 10.0. The van der Waals surface area contributed by atoms with Gasteiger partial charge in [-0.3, -0.25) is 9.69 Å². The number of hydrogen-bond donors (Lipinski definition) is 1. The minimum atomic E-state index is -0.127. The molecule has 2 atom stereocenters. The molecule has 0 aliphatic carbocycles. The molecule has 1 N–H and O–H groups in total. The predicted octanol–water partition coefficient (Wildman–Crippen LogP) is 3.67. The maximum atomic E-state index is 13.1. The Hall–Kier alpha value is -2.41. The summed E-state index contributed by atoms with van der Waals surface area (Å²) in [5.74, 6) is 0.0325. The topological polar surface area (TPSA) is 46.5 Å². The maximum absolute atomic E-state index is 13.1. The lowest BCUT2D eigenvalue weighted by Gasteiger charge is -2.35. The van der Waals surface area contributed by atoms with E-state index in [1.165, 1.54) is 11.3 Å². The third kappa shape index (κ3) is 4.61. The van der Waals surface area contributed by atoms with Crippen molar-refractivity contribution >= 4 is 17.2 Å². The highest BCUT2D eigenvalue weighted by Gasteiger charge is 2.29. The van der Waals surface area contributed by atoms with Gasteiger partial charge < -0.3 is 14.6 Å². The smallest absolute Gasteiger partial charge is 0.234 e. The Balaban J connectivity index is 1.50. The molecule has 2 aromatic heterocycles. The molecule has 1 aromatic carbocycles. The zero-order valence-corrected chi connectivity index (χ0v) is 17.7. The third-order valence-corrected chi connectivity index (χ3v) is 6.39. The number of carbonyl (C=O) groups is 1. The van der Waals surface area contributed by atoms with Crippen LogP contribution in [0.1, 0.15) is 33.8 Å². The molecule has 1 saturated heterocycles. The van der Waals surface area contributed by atoms with Gasteiger partial charge in [-0.15, -0.1) is 11.3 Å². The van der Waals surface area contributed by atoms with Crippen LogP contribution in [0.2, 0.25) is 0 Å². The van der Waals surface area contributed by atoms with Crippen LogP contribution in [-0.4, -0.2) is 41.7 Å². The summed E-state index contributed by atoms with van der Waals surface area (Å²) in [6, 6.07) is 16.6. The van der Waals surface area contributed by atoms with Crippen LogP contribution >= 0.6 is 11.3 Å². The van der Waals surface area contributed by atoms with Gasteiger partial charge in [0.2, 0.25) is 5.91 Å². The maximum Gasteiger partial charge on any atom is 0.234 e. The van der Waals surface area contributed by atoms with Gasteiger partial charge in [0.05, 0.1) is 31.8 Å². The van der Waals surface area contributed by atoms with Crippen molar-refractivity contribution in [2.24, 2.45) is 7.05 Å². The van der Waals surface area contributed by atoms with E-state index in [0.717, 1.165) is 17.0 Å². The molecule has 3 aromatic rings. The second-order valence-electron chi connectivity index (χ2n) is 7.53. The fourth-order valence-corrected chi connectivity index (χ4v) is 4.65. The first-order chi connectivity index (χ1) is 14.1. The minimum Gasteiger partial charge on any atom is -0.378 e. The van der Waals surface area contributed by atoms with Crippen molar-refractivity contribution in [1.82, 2.24) is 14.8 Å². The molecule has 0 saturated carbocycles. The number of amides is 1. The number of aromatic nitrogens is 1. The lowest BCUT2D eigenvalue weighted by Crippen LogP contribution is -2.46. The van der Waals surface area contributed by atoms with E-state index in [1.807, 2.05) is 25.4 Å². The molecule has 1 amide bonds. The number of benzene rings is 1. The number of nitrogens with one attached hydrogen (secondary N) is 1. The second kappa shape index (κ2) is 8.95. The van der Waals surface area contributed by atoms with Gasteiger partial charge in [0.15, 0.2) is 0 Å². The normalized spacial score (nSPS) is 18.5. The Morgan fingerprint density at radius 2 is 2.07 bits per heavy atom. The fourth-order valence-electron chi connectivity index (χ4n) is 3.84. The molecule has 1 fully saturated rings. The largest absolute Gasteiger partial charge is 0.378 e. The first-order valence-electron chi connectivity index (χ1n) is 9.94. The Kier molecular flexibility index (Phi) is 6.13. The first-order valence-corrected chi connectivity index (χ1v) is 10.8. The Labute approximate surface area is 175 Å². The summed E-state index contributed by atoms with van der Waals surface area (Å²) in [6.45, 7) is 4.44. The quantitative estimate of drug-likeness (QED) is 0.676. The van der Waals surface area contributed by atoms with Crippen molar-refractivity contribution in [2.75, 3.05) is 26.3 Å². The van der Waals surface area contributed by atoms with E-state index in [9.17, 15) is 4.79 Å². The number of carbonyl (C=O) groups excluding carboxylic acids is 1. The van der Waals surface area contributed by atoms with Crippen molar-refractivity contribution < 1.29 is 9.53 Å². The van der Waals surface area contributed by atoms with Crippen LogP contribution in [-0.2, 0) is 16.6 Å². The molecule has 0 bridgehead atoms.